The second-order valence-corrected chi connectivity index (χ2v) is 42.1. The molecule has 4 aliphatic carbocycles. The van der Waals surface area contributed by atoms with Gasteiger partial charge < -0.3 is 21.7 Å². The van der Waals surface area contributed by atoms with Gasteiger partial charge in [0.15, 0.2) is 0 Å². The summed E-state index contributed by atoms with van der Waals surface area (Å²) in [5, 5.41) is 8.24. The van der Waals surface area contributed by atoms with Gasteiger partial charge in [-0.2, -0.15) is 0 Å². The normalized spacial score (nSPS) is 12.3. The molecule has 18 aromatic rings. The Hall–Kier alpha value is -13.8. The molecule has 0 spiro atoms. The molecule has 0 fully saturated rings. The van der Waals surface area contributed by atoms with Gasteiger partial charge in [-0.3, -0.25) is 0 Å². The molecule has 0 aromatic heterocycles. The highest BCUT2D eigenvalue weighted by Gasteiger charge is 2.44. The number of para-hydroxylation sites is 5. The van der Waals surface area contributed by atoms with Crippen molar-refractivity contribution in [2.75, 3.05) is 31.7 Å². The minimum absolute atomic E-state index is 0. The largest absolute Gasteiger partial charge is 0.399 e. The SMILES string of the molecule is Brc1ccc(-c2ccc(Br)cc2)cc1.Brc1ccccc1.C.CCCCCCC1(CCCCCC)c2ccccc2-c2ccc(N(c3ccccc3)N(c3ccc(-c4ccc(N(c5ccccc5)c5ccccc5)cc4)cc3)c3cccc(-c4ccc5c(c4)CC5)c3)cc21.CCCCCCC1(CCCCCC)c2ccccc2-c2ccc(N)cc21.Nc1cccc(-c2ccc3c(c2)CC3)c1.c1ccc(Nc2ccccc2)cc1. The van der Waals surface area contributed by atoms with E-state index in [0.29, 0.717) is 0 Å². The van der Waals surface area contributed by atoms with Crippen LogP contribution in [0.3, 0.4) is 0 Å². The predicted octanol–water partition coefficient (Wildman–Crippen LogP) is 41.6. The maximum Gasteiger partial charge on any atom is 0.0643 e. The fourth-order valence-corrected chi connectivity index (χ4v) is 22.3. The number of aryl methyl sites for hydroxylation is 4. The molecular weight excluding hydrogens is 1990 g/mol. The number of halogens is 3. The molecule has 6 nitrogen and oxygen atoms in total. The van der Waals surface area contributed by atoms with Crippen molar-refractivity contribution in [2.24, 2.45) is 0 Å². The van der Waals surface area contributed by atoms with Gasteiger partial charge in [0.25, 0.3) is 0 Å². The first-order valence-electron chi connectivity index (χ1n) is 53.6. The smallest absolute Gasteiger partial charge is 0.0643 e. The summed E-state index contributed by atoms with van der Waals surface area (Å²) in [5.41, 5.74) is 51.4. The van der Waals surface area contributed by atoms with Crippen molar-refractivity contribution in [3.05, 3.63) is 507 Å². The number of hydrogen-bond donors (Lipinski definition) is 3. The monoisotopic (exact) mass is 2130 g/mol. The first kappa shape index (κ1) is 107. The van der Waals surface area contributed by atoms with Crippen LogP contribution in [-0.4, -0.2) is 0 Å². The number of anilines is 11. The fraction of sp³-hybridized carbons (Fsp3) is 0.223. The average molecular weight is 2140 g/mol. The molecule has 0 saturated carbocycles. The number of rotatable bonds is 34. The van der Waals surface area contributed by atoms with E-state index in [2.05, 4.69) is 435 Å². The maximum atomic E-state index is 6.24. The third kappa shape index (κ3) is 27.0. The summed E-state index contributed by atoms with van der Waals surface area (Å²) in [7, 11) is 0. The Bertz CT molecular complexity index is 7020. The summed E-state index contributed by atoms with van der Waals surface area (Å²) >= 11 is 10.2. The van der Waals surface area contributed by atoms with Gasteiger partial charge in [-0.1, -0.05) is 465 Å². The molecule has 0 saturated heterocycles. The highest BCUT2D eigenvalue weighted by molar-refractivity contribution is 9.11. The third-order valence-corrected chi connectivity index (χ3v) is 31.0. The lowest BCUT2D eigenvalue weighted by atomic mass is 9.70. The molecule has 0 aliphatic heterocycles. The van der Waals surface area contributed by atoms with Crippen molar-refractivity contribution in [3.8, 4) is 66.8 Å². The van der Waals surface area contributed by atoms with Gasteiger partial charge in [-0.05, 0) is 332 Å². The van der Waals surface area contributed by atoms with E-state index in [1.807, 2.05) is 109 Å². The quantitative estimate of drug-likeness (QED) is 0.0212. The summed E-state index contributed by atoms with van der Waals surface area (Å²) in [5.74, 6) is 0. The standard InChI is InChI=1S/C69H67N3.C25H35N.C14H13N.C12H8Br2.C12H11N.C6H5Br.CH4/c1-3-5-7-20-47-69(48-21-8-6-4-2)67-32-19-18-31-65(67)66-46-45-64(51-68(66)69)71(61-28-16-11-17-29-61)72(63-30-22-23-55(50-63)57-36-34-54-33-35-56(54)49-57)62-43-39-53(40-44-62)52-37-41-60(42-38-52)70(58-24-12-9-13-25-58)59-26-14-10-15-27-59;1-3-5-7-11-17-25(18-12-8-6-4-2)23-14-10-9-13-21(23)22-16-15-20(26)19-24(22)25;15-14-3-1-2-11(9-14)13-7-5-10-4-6-12(10)8-13;13-11-5-1-9(2-6-11)10-3-7-12(14)8-4-10;1-3-7-11(8-4-1)13-12-9-5-2-6-10-12;7-6-4-2-1-3-5-6;/h9-19,22-32,34,36-46,49-51H,3-8,20-21,33,35,47-48H2,1-2H3;9-10,13-16,19H,3-8,11-12,17-18,26H2,1-2H3;1-3,5,7-9H,4,6,15H2;1-8H;1-10,13H;1-5H;1H4. The topological polar surface area (TPSA) is 73.8 Å². The number of nitrogens with zero attached hydrogens (tertiary/aromatic N) is 3. The zero-order chi connectivity index (χ0) is 101. The summed E-state index contributed by atoms with van der Waals surface area (Å²) < 4.78 is 3.35. The van der Waals surface area contributed by atoms with Crippen molar-refractivity contribution in [1.29, 1.82) is 0 Å². The average Bonchev–Trinajstić information content (AvgIpc) is 1.56. The van der Waals surface area contributed by atoms with Crippen LogP contribution in [0.5, 0.6) is 0 Å². The molecule has 18 aromatic carbocycles. The van der Waals surface area contributed by atoms with Crippen molar-refractivity contribution in [3.63, 3.8) is 0 Å². The van der Waals surface area contributed by atoms with Crippen LogP contribution in [0, 0.1) is 0 Å². The van der Waals surface area contributed by atoms with Crippen LogP contribution in [0.15, 0.2) is 462 Å². The van der Waals surface area contributed by atoms with Crippen LogP contribution < -0.4 is 31.7 Å². The first-order chi connectivity index (χ1) is 72.3. The molecule has 5 N–H and O–H groups in total. The highest BCUT2D eigenvalue weighted by atomic mass is 79.9. The van der Waals surface area contributed by atoms with E-state index in [9.17, 15) is 0 Å². The van der Waals surface area contributed by atoms with E-state index in [4.69, 9.17) is 11.5 Å². The minimum atomic E-state index is -0.0399. The molecule has 0 atom stereocenters. The van der Waals surface area contributed by atoms with Crippen LogP contribution in [0.25, 0.3) is 66.8 Å². The van der Waals surface area contributed by atoms with Crippen LogP contribution in [0.1, 0.15) is 208 Å². The highest BCUT2D eigenvalue weighted by Crippen LogP contribution is 2.58. The van der Waals surface area contributed by atoms with Gasteiger partial charge >= 0.3 is 0 Å². The van der Waals surface area contributed by atoms with Gasteiger partial charge in [0.2, 0.25) is 0 Å². The molecule has 4 aliphatic rings. The minimum Gasteiger partial charge on any atom is -0.399 e. The Morgan fingerprint density at radius 1 is 0.223 bits per heavy atom. The van der Waals surface area contributed by atoms with Crippen molar-refractivity contribution in [2.45, 2.75) is 200 Å². The van der Waals surface area contributed by atoms with Gasteiger partial charge in [0.1, 0.15) is 0 Å². The number of hydrogen-bond acceptors (Lipinski definition) is 6. The van der Waals surface area contributed by atoms with E-state index < -0.39 is 0 Å². The number of nitrogen functional groups attached to an aromatic ring is 2. The van der Waals surface area contributed by atoms with E-state index >= 15 is 0 Å². The molecular formula is C139H143Br3N6. The van der Waals surface area contributed by atoms with E-state index in [1.54, 1.807) is 5.56 Å². The number of benzene rings is 18. The maximum absolute atomic E-state index is 6.24. The van der Waals surface area contributed by atoms with E-state index in [0.717, 1.165) is 82.4 Å². The molecule has 9 heteroatoms. The Morgan fingerprint density at radius 3 is 0.919 bits per heavy atom. The zero-order valence-electron chi connectivity index (χ0n) is 85.8. The van der Waals surface area contributed by atoms with Crippen LogP contribution in [-0.2, 0) is 36.5 Å². The molecule has 148 heavy (non-hydrogen) atoms. The summed E-state index contributed by atoms with van der Waals surface area (Å²) in [6, 6.07) is 161. The van der Waals surface area contributed by atoms with Gasteiger partial charge in [0.05, 0.1) is 22.7 Å². The van der Waals surface area contributed by atoms with E-state index in [1.165, 1.54) is 253 Å². The number of unbranched alkanes of at least 4 members (excludes halogenated alkanes) is 12. The molecule has 0 bridgehead atoms. The Morgan fingerprint density at radius 2 is 0.520 bits per heavy atom. The number of nitrogens with one attached hydrogen (secondary N) is 1. The number of nitrogens with two attached hydrogens (primary N) is 2. The fourth-order valence-electron chi connectivity index (χ4n) is 21.5. The molecule has 0 heterocycles. The molecule has 0 amide bonds. The molecule has 0 unspecified atom stereocenters. The summed E-state index contributed by atoms with van der Waals surface area (Å²) in [6.45, 7) is 9.24. The summed E-state index contributed by atoms with van der Waals surface area (Å²) in [4.78, 5) is 2.32. The van der Waals surface area contributed by atoms with Crippen molar-refractivity contribution in [1.82, 2.24) is 0 Å². The molecule has 0 radical (unpaired) electrons. The van der Waals surface area contributed by atoms with Crippen LogP contribution >= 0.6 is 47.8 Å². The predicted molar refractivity (Wildman–Crippen MR) is 649 cm³/mol. The van der Waals surface area contributed by atoms with Crippen molar-refractivity contribution < 1.29 is 0 Å². The molecule has 750 valence electrons. The lowest BCUT2D eigenvalue weighted by molar-refractivity contribution is 0.401. The second kappa shape index (κ2) is 53.7. The van der Waals surface area contributed by atoms with Crippen LogP contribution in [0.2, 0.25) is 0 Å². The first-order valence-corrected chi connectivity index (χ1v) is 55.9. The Labute approximate surface area is 908 Å². The van der Waals surface area contributed by atoms with E-state index in [-0.39, 0.29) is 18.3 Å². The van der Waals surface area contributed by atoms with Gasteiger partial charge in [0, 0.05) is 64.1 Å². The van der Waals surface area contributed by atoms with Crippen molar-refractivity contribution >= 4 is 110 Å². The van der Waals surface area contributed by atoms with Crippen LogP contribution in [0.4, 0.5) is 62.6 Å². The van der Waals surface area contributed by atoms with Gasteiger partial charge in [-0.15, -0.1) is 0 Å². The zero-order valence-corrected chi connectivity index (χ0v) is 90.6. The summed E-state index contributed by atoms with van der Waals surface area (Å²) in [6.07, 6.45) is 30.3. The number of fused-ring (bicyclic) bond motifs is 8. The third-order valence-electron chi connectivity index (χ3n) is 29.4. The lowest BCUT2D eigenvalue weighted by Gasteiger charge is -2.40. The Kier molecular flexibility index (Phi) is 38.8. The van der Waals surface area contributed by atoms with Gasteiger partial charge in [-0.25, -0.2) is 10.0 Å². The molecule has 22 rings (SSSR count). The number of hydrazine groups is 1. The lowest BCUT2D eigenvalue weighted by Crippen LogP contribution is -2.36. The Balaban J connectivity index is 0.000000163. The second-order valence-electron chi connectivity index (χ2n) is 39.4.